The van der Waals surface area contributed by atoms with Crippen molar-refractivity contribution in [3.63, 3.8) is 0 Å². The van der Waals surface area contributed by atoms with Crippen LogP contribution in [0, 0.1) is 0 Å². The average molecular weight is 265 g/mol. The third kappa shape index (κ3) is 3.65. The number of nitrogens with two attached hydrogens (primary N) is 1. The van der Waals surface area contributed by atoms with Crippen LogP contribution in [0.3, 0.4) is 0 Å². The predicted molar refractivity (Wildman–Crippen MR) is 76.1 cm³/mol. The third-order valence-corrected chi connectivity index (χ3v) is 4.45. The number of hydrogen-bond acceptors (Lipinski definition) is 4. The third-order valence-electron chi connectivity index (χ3n) is 3.06. The Hall–Kier alpha value is -1.20. The normalized spacial score (nSPS) is 20.2. The maximum Gasteiger partial charge on any atom is 0.170 e. The summed E-state index contributed by atoms with van der Waals surface area (Å²) in [4.78, 5) is 0. The van der Waals surface area contributed by atoms with E-state index in [9.17, 15) is 0 Å². The molecule has 0 spiro atoms. The fourth-order valence-electron chi connectivity index (χ4n) is 2.08. The van der Waals surface area contributed by atoms with Gasteiger partial charge in [-0.2, -0.15) is 11.8 Å². The quantitative estimate of drug-likeness (QED) is 0.328. The van der Waals surface area contributed by atoms with Crippen molar-refractivity contribution in [3.8, 4) is 0 Å². The van der Waals surface area contributed by atoms with Crippen molar-refractivity contribution in [3.05, 3.63) is 35.4 Å². The zero-order valence-corrected chi connectivity index (χ0v) is 11.1. The van der Waals surface area contributed by atoms with E-state index in [-0.39, 0.29) is 5.84 Å². The topological polar surface area (TPSA) is 70.6 Å². The van der Waals surface area contributed by atoms with Gasteiger partial charge in [0.15, 0.2) is 5.84 Å². The van der Waals surface area contributed by atoms with Gasteiger partial charge in [-0.15, -0.1) is 0 Å². The lowest BCUT2D eigenvalue weighted by Crippen LogP contribution is -2.23. The number of benzene rings is 1. The summed E-state index contributed by atoms with van der Waals surface area (Å²) in [6.07, 6.45) is 2.66. The maximum atomic E-state index is 8.64. The Morgan fingerprint density at radius 3 is 3.17 bits per heavy atom. The number of amidine groups is 1. The number of rotatable bonds is 5. The van der Waals surface area contributed by atoms with E-state index in [1.54, 1.807) is 0 Å². The van der Waals surface area contributed by atoms with Gasteiger partial charge in [0.05, 0.1) is 0 Å². The first kappa shape index (κ1) is 13.2. The Morgan fingerprint density at radius 2 is 2.44 bits per heavy atom. The van der Waals surface area contributed by atoms with Crippen molar-refractivity contribution < 1.29 is 5.21 Å². The first-order valence-corrected chi connectivity index (χ1v) is 7.23. The highest BCUT2D eigenvalue weighted by Gasteiger charge is 2.14. The van der Waals surface area contributed by atoms with Crippen LogP contribution in [0.2, 0.25) is 0 Å². The molecule has 98 valence electrons. The number of hydrogen-bond donors (Lipinski definition) is 3. The minimum Gasteiger partial charge on any atom is -0.409 e. The zero-order valence-electron chi connectivity index (χ0n) is 10.3. The minimum atomic E-state index is 0.156. The monoisotopic (exact) mass is 265 g/mol. The van der Waals surface area contributed by atoms with Gasteiger partial charge in [-0.3, -0.25) is 0 Å². The van der Waals surface area contributed by atoms with E-state index in [2.05, 4.69) is 22.2 Å². The van der Waals surface area contributed by atoms with Crippen molar-refractivity contribution in [2.24, 2.45) is 10.9 Å². The van der Waals surface area contributed by atoms with Crippen LogP contribution < -0.4 is 11.1 Å². The van der Waals surface area contributed by atoms with Gasteiger partial charge in [0, 0.05) is 23.9 Å². The second-order valence-electron chi connectivity index (χ2n) is 4.45. The van der Waals surface area contributed by atoms with Crippen molar-refractivity contribution >= 4 is 17.6 Å². The van der Waals surface area contributed by atoms with Crippen LogP contribution in [0.5, 0.6) is 0 Å². The lowest BCUT2D eigenvalue weighted by Gasteiger charge is -2.10. The SMILES string of the molecule is N/C(=N/O)c1cccc(CNCC2CCCS2)c1. The number of thioether (sulfide) groups is 1. The number of nitrogens with one attached hydrogen (secondary N) is 1. The van der Waals surface area contributed by atoms with E-state index in [1.165, 1.54) is 18.6 Å². The summed E-state index contributed by atoms with van der Waals surface area (Å²) in [5, 5.41) is 15.9. The molecule has 2 rings (SSSR count). The molecule has 0 bridgehead atoms. The molecular formula is C13H19N3OS. The first-order valence-electron chi connectivity index (χ1n) is 6.19. The molecule has 1 heterocycles. The second-order valence-corrected chi connectivity index (χ2v) is 5.86. The fourth-order valence-corrected chi connectivity index (χ4v) is 3.32. The molecule has 0 saturated carbocycles. The number of oxime groups is 1. The Morgan fingerprint density at radius 1 is 1.56 bits per heavy atom. The fraction of sp³-hybridized carbons (Fsp3) is 0.462. The Labute approximate surface area is 112 Å². The minimum absolute atomic E-state index is 0.156. The molecule has 1 aromatic rings. The van der Waals surface area contributed by atoms with E-state index in [1.807, 2.05) is 24.3 Å². The summed E-state index contributed by atoms with van der Waals surface area (Å²) in [5.74, 6) is 1.45. The van der Waals surface area contributed by atoms with Crippen molar-refractivity contribution in [1.29, 1.82) is 0 Å². The molecule has 0 aliphatic carbocycles. The number of nitrogens with zero attached hydrogens (tertiary/aromatic N) is 1. The smallest absolute Gasteiger partial charge is 0.170 e. The molecule has 18 heavy (non-hydrogen) atoms. The lowest BCUT2D eigenvalue weighted by atomic mass is 10.1. The molecule has 1 aliphatic rings. The molecule has 1 atom stereocenters. The predicted octanol–water partition coefficient (Wildman–Crippen LogP) is 1.77. The molecule has 1 unspecified atom stereocenters. The lowest BCUT2D eigenvalue weighted by molar-refractivity contribution is 0.318. The van der Waals surface area contributed by atoms with Crippen LogP contribution in [0.15, 0.2) is 29.4 Å². The molecular weight excluding hydrogens is 246 g/mol. The second kappa shape index (κ2) is 6.66. The molecule has 1 aromatic carbocycles. The van der Waals surface area contributed by atoms with Gasteiger partial charge in [-0.1, -0.05) is 23.4 Å². The van der Waals surface area contributed by atoms with Gasteiger partial charge >= 0.3 is 0 Å². The highest BCUT2D eigenvalue weighted by atomic mass is 32.2. The van der Waals surface area contributed by atoms with E-state index < -0.39 is 0 Å². The zero-order chi connectivity index (χ0) is 12.8. The summed E-state index contributed by atoms with van der Waals surface area (Å²) < 4.78 is 0. The van der Waals surface area contributed by atoms with E-state index in [0.717, 1.165) is 29.5 Å². The van der Waals surface area contributed by atoms with Gasteiger partial charge in [0.2, 0.25) is 0 Å². The van der Waals surface area contributed by atoms with Crippen LogP contribution in [0.4, 0.5) is 0 Å². The molecule has 0 amide bonds. The van der Waals surface area contributed by atoms with E-state index in [4.69, 9.17) is 10.9 Å². The molecule has 0 radical (unpaired) electrons. The van der Waals surface area contributed by atoms with Crippen LogP contribution in [0.25, 0.3) is 0 Å². The van der Waals surface area contributed by atoms with E-state index in [0.29, 0.717) is 0 Å². The first-order chi connectivity index (χ1) is 8.79. The molecule has 5 heteroatoms. The Bertz CT molecular complexity index is 416. The summed E-state index contributed by atoms with van der Waals surface area (Å²) in [7, 11) is 0. The Balaban J connectivity index is 1.85. The molecule has 1 aliphatic heterocycles. The molecule has 4 nitrogen and oxygen atoms in total. The van der Waals surface area contributed by atoms with Gasteiger partial charge < -0.3 is 16.3 Å². The van der Waals surface area contributed by atoms with Crippen LogP contribution >= 0.6 is 11.8 Å². The standard InChI is InChI=1S/C13H19N3OS/c14-13(16-17)11-4-1-3-10(7-11)8-15-9-12-5-2-6-18-12/h1,3-4,7,12,15,17H,2,5-6,8-9H2,(H2,14,16). The highest BCUT2D eigenvalue weighted by Crippen LogP contribution is 2.25. The summed E-state index contributed by atoms with van der Waals surface area (Å²) in [6, 6.07) is 7.76. The average Bonchev–Trinajstić information content (AvgIpc) is 2.91. The van der Waals surface area contributed by atoms with E-state index >= 15 is 0 Å². The van der Waals surface area contributed by atoms with Crippen molar-refractivity contribution in [2.75, 3.05) is 12.3 Å². The summed E-state index contributed by atoms with van der Waals surface area (Å²) in [6.45, 7) is 1.88. The summed E-state index contributed by atoms with van der Waals surface area (Å²) >= 11 is 2.05. The highest BCUT2D eigenvalue weighted by molar-refractivity contribution is 8.00. The van der Waals surface area contributed by atoms with Gasteiger partial charge in [0.1, 0.15) is 0 Å². The molecule has 1 saturated heterocycles. The van der Waals surface area contributed by atoms with Crippen LogP contribution in [-0.4, -0.2) is 28.6 Å². The summed E-state index contributed by atoms with van der Waals surface area (Å²) in [5.41, 5.74) is 7.48. The molecule has 1 fully saturated rings. The Kier molecular flexibility index (Phi) is 4.90. The van der Waals surface area contributed by atoms with Gasteiger partial charge in [-0.05, 0) is 30.2 Å². The maximum absolute atomic E-state index is 8.64. The van der Waals surface area contributed by atoms with Crippen LogP contribution in [0.1, 0.15) is 24.0 Å². The van der Waals surface area contributed by atoms with Crippen molar-refractivity contribution in [1.82, 2.24) is 5.32 Å². The van der Waals surface area contributed by atoms with Crippen molar-refractivity contribution in [2.45, 2.75) is 24.6 Å². The van der Waals surface area contributed by atoms with Gasteiger partial charge in [-0.25, -0.2) is 0 Å². The van der Waals surface area contributed by atoms with Crippen LogP contribution in [-0.2, 0) is 6.54 Å². The molecule has 0 aromatic heterocycles. The van der Waals surface area contributed by atoms with Gasteiger partial charge in [0.25, 0.3) is 0 Å². The molecule has 4 N–H and O–H groups in total. The largest absolute Gasteiger partial charge is 0.409 e.